The van der Waals surface area contributed by atoms with Crippen molar-refractivity contribution in [2.75, 3.05) is 0 Å². The lowest BCUT2D eigenvalue weighted by Crippen LogP contribution is -2.40. The Morgan fingerprint density at radius 1 is 0.880 bits per heavy atom. The highest BCUT2D eigenvalue weighted by Crippen LogP contribution is 2.33. The molecule has 2 atom stereocenters. The van der Waals surface area contributed by atoms with Gasteiger partial charge in [-0.05, 0) is 54.9 Å². The van der Waals surface area contributed by atoms with Crippen LogP contribution in [0.4, 0.5) is 0 Å². The van der Waals surface area contributed by atoms with Gasteiger partial charge in [0.25, 0.3) is 0 Å². The molecular formula is C22H37NO2. The molecule has 0 saturated carbocycles. The zero-order chi connectivity index (χ0) is 18.5. The fourth-order valence-electron chi connectivity index (χ4n) is 2.99. The molecule has 0 fully saturated rings. The first kappa shape index (κ1) is 21.7. The number of hydrogen-bond acceptors (Lipinski definition) is 3. The van der Waals surface area contributed by atoms with E-state index >= 15 is 0 Å². The highest BCUT2D eigenvalue weighted by Gasteiger charge is 2.38. The van der Waals surface area contributed by atoms with Crippen LogP contribution in [0.25, 0.3) is 0 Å². The third-order valence-corrected chi connectivity index (χ3v) is 4.63. The van der Waals surface area contributed by atoms with Crippen molar-refractivity contribution in [1.29, 1.82) is 0 Å². The van der Waals surface area contributed by atoms with E-state index in [-0.39, 0.29) is 30.4 Å². The number of rotatable bonds is 2. The normalized spacial score (nSPS) is 21.4. The molecule has 0 aliphatic carbocycles. The first-order chi connectivity index (χ1) is 10.7. The van der Waals surface area contributed by atoms with Crippen molar-refractivity contribution in [3.05, 3.63) is 34.9 Å². The molecule has 0 unspecified atom stereocenters. The molecule has 0 radical (unpaired) electrons. The molecule has 1 aromatic rings. The zero-order valence-corrected chi connectivity index (χ0v) is 16.7. The van der Waals surface area contributed by atoms with Crippen molar-refractivity contribution in [2.24, 2.45) is 4.99 Å². The second kappa shape index (κ2) is 6.75. The highest BCUT2D eigenvalue weighted by atomic mass is 16.5. The summed E-state index contributed by atoms with van der Waals surface area (Å²) in [6.45, 7) is 18.9. The van der Waals surface area contributed by atoms with E-state index in [0.29, 0.717) is 5.90 Å². The molecule has 1 N–H and O–H groups in total. The fraction of sp³-hybridized carbons (Fsp3) is 0.682. The number of benzene rings is 1. The van der Waals surface area contributed by atoms with E-state index in [1.807, 2.05) is 6.92 Å². The lowest BCUT2D eigenvalue weighted by atomic mass is 9.79. The monoisotopic (exact) mass is 347 g/mol. The molecule has 3 heteroatoms. The molecule has 0 amide bonds. The van der Waals surface area contributed by atoms with Gasteiger partial charge in [-0.1, -0.05) is 55.0 Å². The van der Waals surface area contributed by atoms with Gasteiger partial charge in [-0.2, -0.15) is 0 Å². The maximum Gasteiger partial charge on any atom is 0.216 e. The largest absolute Gasteiger partial charge is 0.472 e. The number of aliphatic hydroxyl groups is 1. The SMILES string of the molecule is C.C[C@@H]1OC(c2cc(C(C)(C)C)cc(C(C)(C)C)c2)=N[C@@H]1C(C)(C)O. The minimum Gasteiger partial charge on any atom is -0.472 e. The summed E-state index contributed by atoms with van der Waals surface area (Å²) in [6.07, 6.45) is -0.128. The number of aliphatic imine (C=N–C) groups is 1. The first-order valence-electron chi connectivity index (χ1n) is 8.83. The molecule has 1 aliphatic heterocycles. The van der Waals surface area contributed by atoms with E-state index in [1.165, 1.54) is 11.1 Å². The summed E-state index contributed by atoms with van der Waals surface area (Å²) in [5.74, 6) is 0.645. The Kier molecular flexibility index (Phi) is 5.86. The summed E-state index contributed by atoms with van der Waals surface area (Å²) in [7, 11) is 0. The first-order valence-corrected chi connectivity index (χ1v) is 8.83. The Bertz CT molecular complexity index is 607. The van der Waals surface area contributed by atoms with Crippen molar-refractivity contribution in [3.8, 4) is 0 Å². The van der Waals surface area contributed by atoms with Crippen molar-refractivity contribution in [3.63, 3.8) is 0 Å². The van der Waals surface area contributed by atoms with Gasteiger partial charge in [0.2, 0.25) is 5.90 Å². The van der Waals surface area contributed by atoms with E-state index in [9.17, 15) is 5.11 Å². The van der Waals surface area contributed by atoms with Gasteiger partial charge in [-0.15, -0.1) is 0 Å². The summed E-state index contributed by atoms with van der Waals surface area (Å²) in [5, 5.41) is 10.3. The molecule has 1 aliphatic rings. The van der Waals surface area contributed by atoms with Crippen LogP contribution in [0.2, 0.25) is 0 Å². The van der Waals surface area contributed by atoms with E-state index in [2.05, 4.69) is 59.7 Å². The molecule has 1 aromatic carbocycles. The quantitative estimate of drug-likeness (QED) is 0.796. The van der Waals surface area contributed by atoms with Gasteiger partial charge in [0, 0.05) is 5.56 Å². The number of nitrogens with zero attached hydrogens (tertiary/aromatic N) is 1. The van der Waals surface area contributed by atoms with Crippen LogP contribution in [0.15, 0.2) is 23.2 Å². The van der Waals surface area contributed by atoms with E-state index < -0.39 is 5.60 Å². The summed E-state index contributed by atoms with van der Waals surface area (Å²) in [6, 6.07) is 6.39. The Balaban J connectivity index is 0.00000312. The predicted molar refractivity (Wildman–Crippen MR) is 108 cm³/mol. The molecule has 0 spiro atoms. The van der Waals surface area contributed by atoms with Gasteiger partial charge in [-0.3, -0.25) is 0 Å². The zero-order valence-electron chi connectivity index (χ0n) is 16.7. The Labute approximate surface area is 154 Å². The van der Waals surface area contributed by atoms with Crippen LogP contribution in [-0.4, -0.2) is 28.8 Å². The van der Waals surface area contributed by atoms with Crippen LogP contribution < -0.4 is 0 Å². The minimum absolute atomic E-state index is 0. The van der Waals surface area contributed by atoms with E-state index in [1.54, 1.807) is 13.8 Å². The molecule has 142 valence electrons. The lowest BCUT2D eigenvalue weighted by molar-refractivity contribution is 0.0215. The third-order valence-electron chi connectivity index (χ3n) is 4.63. The molecule has 0 bridgehead atoms. The van der Waals surface area contributed by atoms with Crippen molar-refractivity contribution in [2.45, 2.75) is 98.3 Å². The van der Waals surface area contributed by atoms with Gasteiger partial charge in [-0.25, -0.2) is 4.99 Å². The molecule has 2 rings (SSSR count). The van der Waals surface area contributed by atoms with E-state index in [0.717, 1.165) is 5.56 Å². The predicted octanol–water partition coefficient (Wildman–Crippen LogP) is 5.22. The minimum atomic E-state index is -0.893. The average Bonchev–Trinajstić information content (AvgIpc) is 2.78. The molecule has 1 heterocycles. The van der Waals surface area contributed by atoms with Crippen LogP contribution in [0.1, 0.15) is 86.4 Å². The van der Waals surface area contributed by atoms with E-state index in [4.69, 9.17) is 9.73 Å². The summed E-state index contributed by atoms with van der Waals surface area (Å²) in [5.41, 5.74) is 2.76. The Morgan fingerprint density at radius 3 is 1.64 bits per heavy atom. The van der Waals surface area contributed by atoms with Crippen molar-refractivity contribution < 1.29 is 9.84 Å². The summed E-state index contributed by atoms with van der Waals surface area (Å²) < 4.78 is 6.01. The Hall–Kier alpha value is -1.35. The van der Waals surface area contributed by atoms with Crippen molar-refractivity contribution in [1.82, 2.24) is 0 Å². The topological polar surface area (TPSA) is 41.8 Å². The van der Waals surface area contributed by atoms with Gasteiger partial charge < -0.3 is 9.84 Å². The van der Waals surface area contributed by atoms with Gasteiger partial charge in [0.15, 0.2) is 0 Å². The van der Waals surface area contributed by atoms with Gasteiger partial charge >= 0.3 is 0 Å². The number of ether oxygens (including phenoxy) is 1. The van der Waals surface area contributed by atoms with Crippen LogP contribution in [0, 0.1) is 0 Å². The standard InChI is InChI=1S/C21H33NO2.CH4/c1-13-17(21(8,9)23)22-18(24-13)14-10-15(19(2,3)4)12-16(11-14)20(5,6)7;/h10-13,17,23H,1-9H3;1H4/t13-,17-;/m0./s1. The second-order valence-electron chi connectivity index (χ2n) is 9.65. The molecule has 0 aromatic heterocycles. The summed E-state index contributed by atoms with van der Waals surface area (Å²) in [4.78, 5) is 4.70. The molecular weight excluding hydrogens is 310 g/mol. The van der Waals surface area contributed by atoms with Crippen molar-refractivity contribution >= 4 is 5.90 Å². The van der Waals surface area contributed by atoms with Crippen LogP contribution in [0.3, 0.4) is 0 Å². The maximum absolute atomic E-state index is 10.3. The fourth-order valence-corrected chi connectivity index (χ4v) is 2.99. The summed E-state index contributed by atoms with van der Waals surface area (Å²) >= 11 is 0. The highest BCUT2D eigenvalue weighted by molar-refractivity contribution is 5.96. The van der Waals surface area contributed by atoms with Crippen LogP contribution >= 0.6 is 0 Å². The lowest BCUT2D eigenvalue weighted by Gasteiger charge is -2.26. The molecule has 0 saturated heterocycles. The smallest absolute Gasteiger partial charge is 0.216 e. The number of hydrogen-bond donors (Lipinski definition) is 1. The van der Waals surface area contributed by atoms with Gasteiger partial charge in [0.05, 0.1) is 5.60 Å². The third kappa shape index (κ3) is 4.84. The molecule has 3 nitrogen and oxygen atoms in total. The average molecular weight is 348 g/mol. The van der Waals surface area contributed by atoms with Crippen LogP contribution in [0.5, 0.6) is 0 Å². The van der Waals surface area contributed by atoms with Crippen LogP contribution in [-0.2, 0) is 15.6 Å². The molecule has 25 heavy (non-hydrogen) atoms. The second-order valence-corrected chi connectivity index (χ2v) is 9.65. The Morgan fingerprint density at radius 2 is 1.32 bits per heavy atom. The maximum atomic E-state index is 10.3. The van der Waals surface area contributed by atoms with Gasteiger partial charge in [0.1, 0.15) is 12.1 Å².